The molecule has 3 aliphatic heterocycles. The van der Waals surface area contributed by atoms with Crippen LogP contribution in [0.15, 0.2) is 277 Å². The van der Waals surface area contributed by atoms with Gasteiger partial charge in [-0.05, 0) is 117 Å². The first kappa shape index (κ1) is 42.9. The van der Waals surface area contributed by atoms with Crippen molar-refractivity contribution < 1.29 is 9.47 Å². The van der Waals surface area contributed by atoms with Gasteiger partial charge < -0.3 is 19.3 Å². The van der Waals surface area contributed by atoms with E-state index < -0.39 is 0 Å². The number of benzene rings is 11. The number of hydrogen-bond acceptors (Lipinski definition) is 5. The van der Waals surface area contributed by atoms with E-state index in [4.69, 9.17) is 9.47 Å². The fourth-order valence-corrected chi connectivity index (χ4v) is 12.5. The summed E-state index contributed by atoms with van der Waals surface area (Å²) < 4.78 is 14.4. The molecule has 3 aliphatic rings. The molecule has 7 heteroatoms. The normalized spacial score (nSPS) is 12.5. The fourth-order valence-electron chi connectivity index (χ4n) is 11.3. The summed E-state index contributed by atoms with van der Waals surface area (Å²) in [6.07, 6.45) is 0. The average Bonchev–Trinajstić information content (AvgIpc) is 3.45. The minimum atomic E-state index is -0.208. The van der Waals surface area contributed by atoms with Gasteiger partial charge in [0, 0.05) is 50.4 Å². The van der Waals surface area contributed by atoms with Crippen LogP contribution in [0.5, 0.6) is 23.0 Å². The Bertz CT molecular complexity index is 3710. The van der Waals surface area contributed by atoms with Crippen molar-refractivity contribution in [3.05, 3.63) is 267 Å². The Kier molecular flexibility index (Phi) is 10.6. The molecule has 0 fully saturated rings. The largest absolute Gasteiger partial charge is 0.458 e. The van der Waals surface area contributed by atoms with Crippen LogP contribution >= 0.6 is 11.8 Å². The van der Waals surface area contributed by atoms with Crippen molar-refractivity contribution in [2.24, 2.45) is 0 Å². The molecular weight excluding hydrogens is 906 g/mol. The zero-order valence-corrected chi connectivity index (χ0v) is 40.5. The van der Waals surface area contributed by atoms with Gasteiger partial charge in [-0.1, -0.05) is 205 Å². The molecule has 0 unspecified atom stereocenters. The quantitative estimate of drug-likeness (QED) is 0.134. The minimum absolute atomic E-state index is 0.0832. The Hall–Kier alpha value is -8.90. The standard InChI is InChI=1S/C66H44B2N2O2S/c1-7-22-45(23-8-1)53-34-21-35-54(46-24-9-2-10-25-46)65(53)67-56-39-38-51(69(47-26-11-3-12-27-47)48-28-13-4-14-29-48)40-60(56)72-61-44-63-58(43-57(61)67)68-55-36-19-20-37-59(55)71-62-41-52(42-64(73-63)66(62)68)70(49-30-15-5-16-31-49)50-32-17-6-18-33-50/h1-44H. The molecule has 0 bridgehead atoms. The average molecular weight is 951 g/mol. The molecule has 0 spiro atoms. The van der Waals surface area contributed by atoms with E-state index in [1.165, 1.54) is 38.6 Å². The van der Waals surface area contributed by atoms with Crippen molar-refractivity contribution in [3.63, 3.8) is 0 Å². The van der Waals surface area contributed by atoms with Crippen molar-refractivity contribution in [1.82, 2.24) is 0 Å². The van der Waals surface area contributed by atoms with Crippen molar-refractivity contribution in [1.29, 1.82) is 0 Å². The lowest BCUT2D eigenvalue weighted by Gasteiger charge is -2.37. The topological polar surface area (TPSA) is 24.9 Å². The Morgan fingerprint density at radius 1 is 0.274 bits per heavy atom. The van der Waals surface area contributed by atoms with Crippen LogP contribution in [0.1, 0.15) is 0 Å². The number of rotatable bonds is 9. The number of nitrogens with zero attached hydrogens (tertiary/aromatic N) is 2. The van der Waals surface area contributed by atoms with E-state index in [-0.39, 0.29) is 13.4 Å². The van der Waals surface area contributed by atoms with Crippen LogP contribution in [0.4, 0.5) is 34.1 Å². The summed E-state index contributed by atoms with van der Waals surface area (Å²) in [5, 5.41) is 0. The smallest absolute Gasteiger partial charge is 0.253 e. The van der Waals surface area contributed by atoms with E-state index in [1.807, 2.05) is 0 Å². The Labute approximate surface area is 431 Å². The summed E-state index contributed by atoms with van der Waals surface area (Å²) in [6.45, 7) is -0.291. The monoisotopic (exact) mass is 950 g/mol. The molecule has 3 heterocycles. The second-order valence-electron chi connectivity index (χ2n) is 18.7. The number of hydrogen-bond donors (Lipinski definition) is 0. The van der Waals surface area contributed by atoms with E-state index in [1.54, 1.807) is 11.8 Å². The van der Waals surface area contributed by atoms with Crippen LogP contribution in [0.25, 0.3) is 22.3 Å². The third kappa shape index (κ3) is 7.51. The molecule has 0 amide bonds. The van der Waals surface area contributed by atoms with Crippen molar-refractivity contribution in [2.75, 3.05) is 9.80 Å². The molecule has 11 aromatic rings. The lowest BCUT2D eigenvalue weighted by molar-refractivity contribution is 0.486. The summed E-state index contributed by atoms with van der Waals surface area (Å²) in [5.41, 5.74) is 18.1. The molecular formula is C66H44B2N2O2S. The molecule has 14 rings (SSSR count). The molecule has 0 aromatic heterocycles. The highest BCUT2D eigenvalue weighted by atomic mass is 32.2. The third-order valence-corrected chi connectivity index (χ3v) is 15.6. The van der Waals surface area contributed by atoms with Gasteiger partial charge in [0.25, 0.3) is 13.4 Å². The highest BCUT2D eigenvalue weighted by molar-refractivity contribution is 8.00. The minimum Gasteiger partial charge on any atom is -0.458 e. The summed E-state index contributed by atoms with van der Waals surface area (Å²) in [7, 11) is 0. The number of anilines is 6. The molecule has 0 saturated carbocycles. The molecule has 0 atom stereocenters. The second kappa shape index (κ2) is 18.1. The first-order valence-corrected chi connectivity index (χ1v) is 25.7. The van der Waals surface area contributed by atoms with E-state index in [0.717, 1.165) is 83.3 Å². The fraction of sp³-hybridized carbons (Fsp3) is 0. The summed E-state index contributed by atoms with van der Waals surface area (Å²) in [5.74, 6) is 3.43. The number of fused-ring (bicyclic) bond motifs is 6. The first-order valence-electron chi connectivity index (χ1n) is 24.9. The van der Waals surface area contributed by atoms with Crippen LogP contribution in [0.2, 0.25) is 0 Å². The van der Waals surface area contributed by atoms with Crippen LogP contribution in [0.3, 0.4) is 0 Å². The van der Waals surface area contributed by atoms with E-state index >= 15 is 0 Å². The van der Waals surface area contributed by atoms with Gasteiger partial charge >= 0.3 is 0 Å². The van der Waals surface area contributed by atoms with E-state index in [2.05, 4.69) is 277 Å². The lowest BCUT2D eigenvalue weighted by Crippen LogP contribution is -2.61. The van der Waals surface area contributed by atoms with E-state index in [9.17, 15) is 0 Å². The molecule has 342 valence electrons. The Balaban J connectivity index is 1.01. The summed E-state index contributed by atoms with van der Waals surface area (Å²) >= 11 is 1.81. The van der Waals surface area contributed by atoms with Gasteiger partial charge in [0.05, 0.1) is 5.69 Å². The maximum absolute atomic E-state index is 7.42. The van der Waals surface area contributed by atoms with Gasteiger partial charge in [0.1, 0.15) is 23.0 Å². The van der Waals surface area contributed by atoms with Gasteiger partial charge in [-0.15, -0.1) is 0 Å². The van der Waals surface area contributed by atoms with Crippen molar-refractivity contribution >= 4 is 92.1 Å². The second-order valence-corrected chi connectivity index (χ2v) is 19.8. The summed E-state index contributed by atoms with van der Waals surface area (Å²) in [4.78, 5) is 6.96. The van der Waals surface area contributed by atoms with Crippen LogP contribution in [-0.2, 0) is 0 Å². The number of para-hydroxylation sites is 5. The highest BCUT2D eigenvalue weighted by Gasteiger charge is 2.43. The molecule has 0 N–H and O–H groups in total. The maximum Gasteiger partial charge on any atom is 0.253 e. The van der Waals surface area contributed by atoms with Gasteiger partial charge in [0.15, 0.2) is 0 Å². The molecule has 11 aromatic carbocycles. The molecule has 4 nitrogen and oxygen atoms in total. The van der Waals surface area contributed by atoms with Crippen molar-refractivity contribution in [3.8, 4) is 45.3 Å². The lowest BCUT2D eigenvalue weighted by atomic mass is 9.31. The predicted molar refractivity (Wildman–Crippen MR) is 306 cm³/mol. The molecule has 0 saturated heterocycles. The zero-order valence-electron chi connectivity index (χ0n) is 39.7. The Morgan fingerprint density at radius 3 is 1.30 bits per heavy atom. The van der Waals surface area contributed by atoms with Crippen molar-refractivity contribution in [2.45, 2.75) is 9.79 Å². The third-order valence-electron chi connectivity index (χ3n) is 14.5. The Morgan fingerprint density at radius 2 is 0.726 bits per heavy atom. The molecule has 0 radical (unpaired) electrons. The summed E-state index contributed by atoms with van der Waals surface area (Å²) in [6, 6.07) is 95.7. The SMILES string of the molecule is c1ccc(-c2cccc(-c3ccccc3)c2B2c3ccc(N(c4ccccc4)c4ccccc4)cc3Oc3cc4c(cc32)B2c3ccccc3Oc3cc(N(c5ccccc5)c5ccccc5)cc(c32)S4)cc1. The zero-order chi connectivity index (χ0) is 48.2. The highest BCUT2D eigenvalue weighted by Crippen LogP contribution is 2.45. The van der Waals surface area contributed by atoms with Crippen LogP contribution in [-0.4, -0.2) is 13.4 Å². The van der Waals surface area contributed by atoms with Gasteiger partial charge in [-0.2, -0.15) is 0 Å². The number of ether oxygens (including phenoxy) is 2. The first-order chi connectivity index (χ1) is 36.2. The molecule has 0 aliphatic carbocycles. The van der Waals surface area contributed by atoms with Crippen LogP contribution < -0.4 is 52.1 Å². The predicted octanol–water partition coefficient (Wildman–Crippen LogP) is 13.7. The van der Waals surface area contributed by atoms with Gasteiger partial charge in [-0.3, -0.25) is 0 Å². The van der Waals surface area contributed by atoms with Gasteiger partial charge in [0.2, 0.25) is 0 Å². The maximum atomic E-state index is 7.42. The van der Waals surface area contributed by atoms with E-state index in [0.29, 0.717) is 0 Å². The van der Waals surface area contributed by atoms with Crippen LogP contribution in [0, 0.1) is 0 Å². The van der Waals surface area contributed by atoms with Gasteiger partial charge in [-0.25, -0.2) is 0 Å². The molecule has 73 heavy (non-hydrogen) atoms.